The van der Waals surface area contributed by atoms with E-state index in [1.54, 1.807) is 0 Å². The summed E-state index contributed by atoms with van der Waals surface area (Å²) in [6, 6.07) is 0. The third-order valence-electron chi connectivity index (χ3n) is 0.201. The van der Waals surface area contributed by atoms with Gasteiger partial charge < -0.3 is 7.16 Å². The molecule has 0 heterocycles. The van der Waals surface area contributed by atoms with Crippen LogP contribution in [-0.4, -0.2) is 5.91 Å². The van der Waals surface area contributed by atoms with Crippen molar-refractivity contribution in [2.75, 3.05) is 0 Å². The molecule has 0 spiro atoms. The van der Waals surface area contributed by atoms with Crippen LogP contribution in [0.5, 0.6) is 0 Å². The summed E-state index contributed by atoms with van der Waals surface area (Å²) >= 11 is 0. The fourth-order valence-corrected chi connectivity index (χ4v) is 0. The van der Waals surface area contributed by atoms with Crippen LogP contribution in [0.25, 0.3) is 0 Å². The first-order valence-electron chi connectivity index (χ1n) is 1.19. The van der Waals surface area contributed by atoms with Gasteiger partial charge in [0.05, 0.1) is 0 Å². The summed E-state index contributed by atoms with van der Waals surface area (Å²) in [5.74, 6) is -0.481. The Bertz CT molecular complexity index is 66.0. The maximum atomic E-state index is 9.47. The molecule has 3 heteroatoms. The van der Waals surface area contributed by atoms with Crippen LogP contribution >= 0.6 is 0 Å². The molecule has 0 aromatic rings. The van der Waals surface area contributed by atoms with Crippen molar-refractivity contribution < 1.29 is 25.1 Å². The molecule has 30 valence electrons. The second-order valence-corrected chi connectivity index (χ2v) is 0.606. The Kier molecular flexibility index (Phi) is 7.42. The molecular weight excluding hydrogens is 73.0 g/mol. The first-order valence-corrected chi connectivity index (χ1v) is 1.19. The standard InChI is InChI=1S/C3H5NO.Li.H/c1-2-3(4)5;;/h2H,1H2,(H2,4,5);;/q;+1;-1. The van der Waals surface area contributed by atoms with Crippen molar-refractivity contribution >= 4 is 5.91 Å². The van der Waals surface area contributed by atoms with Gasteiger partial charge in [0.1, 0.15) is 0 Å². The first kappa shape index (κ1) is 9.26. The average Bonchev–Trinajstić information content (AvgIpc) is 1.38. The molecule has 0 radical (unpaired) electrons. The van der Waals surface area contributed by atoms with Gasteiger partial charge in [-0.05, 0) is 6.08 Å². The van der Waals surface area contributed by atoms with Crippen LogP contribution in [0.3, 0.4) is 0 Å². The quantitative estimate of drug-likeness (QED) is 0.261. The van der Waals surface area contributed by atoms with Gasteiger partial charge in [-0.1, -0.05) is 6.58 Å². The zero-order chi connectivity index (χ0) is 4.28. The molecule has 2 nitrogen and oxygen atoms in total. The molecule has 0 aromatic carbocycles. The van der Waals surface area contributed by atoms with Gasteiger partial charge >= 0.3 is 18.9 Å². The number of hydrogen-bond acceptors (Lipinski definition) is 1. The molecule has 2 N–H and O–H groups in total. The molecule has 1 amide bonds. The summed E-state index contributed by atoms with van der Waals surface area (Å²) in [6.07, 6.45) is 1.06. The molecule has 0 saturated heterocycles. The van der Waals surface area contributed by atoms with Crippen molar-refractivity contribution in [1.29, 1.82) is 0 Å². The van der Waals surface area contributed by atoms with E-state index in [1.807, 2.05) is 0 Å². The Balaban J connectivity index is -0.0000000800. The second kappa shape index (κ2) is 4.81. The van der Waals surface area contributed by atoms with Gasteiger partial charge in [0.15, 0.2) is 0 Å². The molecule has 0 unspecified atom stereocenters. The number of amides is 1. The van der Waals surface area contributed by atoms with E-state index in [0.717, 1.165) is 6.08 Å². The van der Waals surface area contributed by atoms with E-state index in [4.69, 9.17) is 0 Å². The van der Waals surface area contributed by atoms with Gasteiger partial charge in [-0.25, -0.2) is 0 Å². The minimum absolute atomic E-state index is 0. The van der Waals surface area contributed by atoms with E-state index in [2.05, 4.69) is 12.3 Å². The summed E-state index contributed by atoms with van der Waals surface area (Å²) in [7, 11) is 0. The Morgan fingerprint density at radius 2 is 2.17 bits per heavy atom. The van der Waals surface area contributed by atoms with Crippen molar-refractivity contribution in [3.8, 4) is 0 Å². The number of carbonyl (C=O) groups is 1. The fraction of sp³-hybridized carbons (Fsp3) is 0. The zero-order valence-corrected chi connectivity index (χ0v) is 3.77. The number of carbonyl (C=O) groups excluding carboxylic acids is 1. The van der Waals surface area contributed by atoms with E-state index < -0.39 is 5.91 Å². The van der Waals surface area contributed by atoms with Crippen LogP contribution in [0, 0.1) is 0 Å². The fourth-order valence-electron chi connectivity index (χ4n) is 0. The van der Waals surface area contributed by atoms with Crippen LogP contribution in [-0.2, 0) is 4.79 Å². The number of hydrogen-bond donors (Lipinski definition) is 1. The smallest absolute Gasteiger partial charge is 1.00 e. The third-order valence-corrected chi connectivity index (χ3v) is 0.201. The van der Waals surface area contributed by atoms with Gasteiger partial charge in [0.2, 0.25) is 5.91 Å². The molecule has 0 aliphatic rings. The van der Waals surface area contributed by atoms with Crippen LogP contribution in [0.15, 0.2) is 12.7 Å². The van der Waals surface area contributed by atoms with Gasteiger partial charge in [0.25, 0.3) is 0 Å². The maximum absolute atomic E-state index is 9.47. The van der Waals surface area contributed by atoms with Crippen molar-refractivity contribution in [3.63, 3.8) is 0 Å². The summed E-state index contributed by atoms with van der Waals surface area (Å²) in [4.78, 5) is 9.47. The summed E-state index contributed by atoms with van der Waals surface area (Å²) < 4.78 is 0. The Morgan fingerprint density at radius 1 is 2.00 bits per heavy atom. The van der Waals surface area contributed by atoms with E-state index >= 15 is 0 Å². The maximum Gasteiger partial charge on any atom is 1.00 e. The second-order valence-electron chi connectivity index (χ2n) is 0.606. The number of primary amides is 1. The Labute approximate surface area is 50.1 Å². The van der Waals surface area contributed by atoms with Crippen LogP contribution in [0.4, 0.5) is 0 Å². The normalized spacial score (nSPS) is 5.33. The van der Waals surface area contributed by atoms with Gasteiger partial charge in [-0.3, -0.25) is 4.79 Å². The average molecular weight is 79.0 g/mol. The van der Waals surface area contributed by atoms with E-state index in [1.165, 1.54) is 0 Å². The van der Waals surface area contributed by atoms with E-state index in [9.17, 15) is 4.79 Å². The van der Waals surface area contributed by atoms with E-state index in [-0.39, 0.29) is 20.3 Å². The molecule has 0 rings (SSSR count). The molecule has 6 heavy (non-hydrogen) atoms. The molecule has 0 aliphatic heterocycles. The molecule has 0 bridgehead atoms. The molecule has 0 aromatic heterocycles. The third kappa shape index (κ3) is 9.19. The minimum atomic E-state index is -0.481. The summed E-state index contributed by atoms with van der Waals surface area (Å²) in [5.41, 5.74) is 4.53. The van der Waals surface area contributed by atoms with Crippen LogP contribution in [0.1, 0.15) is 1.43 Å². The number of rotatable bonds is 1. The summed E-state index contributed by atoms with van der Waals surface area (Å²) in [5, 5.41) is 0. The monoisotopic (exact) mass is 79.1 g/mol. The SMILES string of the molecule is C=CC(N)=O.[H-].[Li+]. The molecule has 0 atom stereocenters. The largest absolute Gasteiger partial charge is 1.00 e. The Morgan fingerprint density at radius 3 is 2.17 bits per heavy atom. The van der Waals surface area contributed by atoms with Gasteiger partial charge in [-0.2, -0.15) is 0 Å². The minimum Gasteiger partial charge on any atom is -1.00 e. The number of nitrogens with two attached hydrogens (primary N) is 1. The molecule has 0 aliphatic carbocycles. The molecular formula is C3H6LiNO. The van der Waals surface area contributed by atoms with Crippen LogP contribution in [0.2, 0.25) is 0 Å². The first-order chi connectivity index (χ1) is 2.27. The van der Waals surface area contributed by atoms with Crippen molar-refractivity contribution in [2.24, 2.45) is 5.73 Å². The topological polar surface area (TPSA) is 43.1 Å². The van der Waals surface area contributed by atoms with Crippen LogP contribution < -0.4 is 24.6 Å². The van der Waals surface area contributed by atoms with E-state index in [0.29, 0.717) is 0 Å². The summed E-state index contributed by atoms with van der Waals surface area (Å²) in [6.45, 7) is 3.09. The zero-order valence-electron chi connectivity index (χ0n) is 4.77. The van der Waals surface area contributed by atoms with Gasteiger partial charge in [-0.15, -0.1) is 0 Å². The van der Waals surface area contributed by atoms with Crippen molar-refractivity contribution in [3.05, 3.63) is 12.7 Å². The van der Waals surface area contributed by atoms with Gasteiger partial charge in [0, 0.05) is 0 Å². The predicted octanol–water partition coefficient (Wildman–Crippen LogP) is -3.23. The molecule has 0 saturated carbocycles. The predicted molar refractivity (Wildman–Crippen MR) is 20.5 cm³/mol. The Hall–Kier alpha value is -0.193. The van der Waals surface area contributed by atoms with Crippen molar-refractivity contribution in [2.45, 2.75) is 0 Å². The molecule has 0 fully saturated rings. The van der Waals surface area contributed by atoms with Crippen molar-refractivity contribution in [1.82, 2.24) is 0 Å².